The van der Waals surface area contributed by atoms with Gasteiger partial charge in [-0.2, -0.15) is 5.10 Å². The number of nitrogens with one attached hydrogen (secondary N) is 1. The average molecular weight is 266 g/mol. The third kappa shape index (κ3) is 4.06. The summed E-state index contributed by atoms with van der Waals surface area (Å²) in [5.74, 6) is 0.0471. The summed E-state index contributed by atoms with van der Waals surface area (Å²) >= 11 is 0. The number of nitrogens with zero attached hydrogens (tertiary/aromatic N) is 2. The molecular weight excluding hydrogens is 240 g/mol. The van der Waals surface area contributed by atoms with E-state index in [1.807, 2.05) is 32.4 Å². The number of rotatable bonds is 7. The Hall–Kier alpha value is -1.36. The first-order valence-electron chi connectivity index (χ1n) is 6.92. The molecule has 0 aromatic carbocycles. The van der Waals surface area contributed by atoms with Crippen LogP contribution in [0.1, 0.15) is 38.1 Å². The predicted octanol–water partition coefficient (Wildman–Crippen LogP) is 1.38. The number of nitrogens with two attached hydrogens (primary N) is 1. The van der Waals surface area contributed by atoms with Gasteiger partial charge in [0.2, 0.25) is 5.91 Å². The number of aryl methyl sites for hydroxylation is 3. The number of aromatic nitrogens is 2. The monoisotopic (exact) mass is 266 g/mol. The van der Waals surface area contributed by atoms with Crippen LogP contribution in [0.15, 0.2) is 6.07 Å². The SMILES string of the molecule is CCC(C)(CN)C(=O)NCCCn1nc(C)cc1C. The fraction of sp³-hybridized carbons (Fsp3) is 0.714. The Morgan fingerprint density at radius 3 is 2.68 bits per heavy atom. The van der Waals surface area contributed by atoms with E-state index in [9.17, 15) is 4.79 Å². The van der Waals surface area contributed by atoms with Crippen LogP contribution in [-0.4, -0.2) is 28.8 Å². The van der Waals surface area contributed by atoms with E-state index in [1.165, 1.54) is 0 Å². The van der Waals surface area contributed by atoms with Crippen molar-refractivity contribution in [3.63, 3.8) is 0 Å². The molecule has 19 heavy (non-hydrogen) atoms. The van der Waals surface area contributed by atoms with Gasteiger partial charge in [-0.25, -0.2) is 0 Å². The van der Waals surface area contributed by atoms with Crippen molar-refractivity contribution in [2.24, 2.45) is 11.1 Å². The fourth-order valence-corrected chi connectivity index (χ4v) is 1.94. The lowest BCUT2D eigenvalue weighted by atomic mass is 9.87. The van der Waals surface area contributed by atoms with Gasteiger partial charge in [0.1, 0.15) is 0 Å². The van der Waals surface area contributed by atoms with Crippen LogP contribution in [0.4, 0.5) is 0 Å². The van der Waals surface area contributed by atoms with E-state index in [-0.39, 0.29) is 5.91 Å². The zero-order chi connectivity index (χ0) is 14.5. The summed E-state index contributed by atoms with van der Waals surface area (Å²) in [6, 6.07) is 2.06. The maximum atomic E-state index is 12.0. The van der Waals surface area contributed by atoms with E-state index in [4.69, 9.17) is 5.73 Å². The highest BCUT2D eigenvalue weighted by atomic mass is 16.2. The van der Waals surface area contributed by atoms with Gasteiger partial charge in [0.15, 0.2) is 0 Å². The third-order valence-corrected chi connectivity index (χ3v) is 3.71. The third-order valence-electron chi connectivity index (χ3n) is 3.71. The van der Waals surface area contributed by atoms with Crippen LogP contribution in [0.3, 0.4) is 0 Å². The Morgan fingerprint density at radius 2 is 2.21 bits per heavy atom. The molecule has 5 nitrogen and oxygen atoms in total. The van der Waals surface area contributed by atoms with Gasteiger partial charge in [0.05, 0.1) is 11.1 Å². The highest BCUT2D eigenvalue weighted by Gasteiger charge is 2.28. The van der Waals surface area contributed by atoms with E-state index < -0.39 is 5.41 Å². The molecule has 1 amide bonds. The van der Waals surface area contributed by atoms with Gasteiger partial charge in [0.25, 0.3) is 0 Å². The highest BCUT2D eigenvalue weighted by Crippen LogP contribution is 2.18. The molecule has 1 rings (SSSR count). The molecule has 0 fully saturated rings. The standard InChI is InChI=1S/C14H26N4O/c1-5-14(4,10-15)13(19)16-7-6-8-18-12(3)9-11(2)17-18/h9H,5-8,10,15H2,1-4H3,(H,16,19). The second kappa shape index (κ2) is 6.70. The number of carbonyl (C=O) groups is 1. The summed E-state index contributed by atoms with van der Waals surface area (Å²) in [4.78, 5) is 12.0. The summed E-state index contributed by atoms with van der Waals surface area (Å²) in [6.45, 7) is 9.79. The normalized spacial score (nSPS) is 14.2. The van der Waals surface area contributed by atoms with Crippen molar-refractivity contribution in [1.29, 1.82) is 0 Å². The van der Waals surface area contributed by atoms with Crippen molar-refractivity contribution in [3.8, 4) is 0 Å². The van der Waals surface area contributed by atoms with Gasteiger partial charge in [-0.1, -0.05) is 6.92 Å². The zero-order valence-corrected chi connectivity index (χ0v) is 12.5. The number of carbonyl (C=O) groups excluding carboxylic acids is 1. The van der Waals surface area contributed by atoms with Crippen LogP contribution >= 0.6 is 0 Å². The zero-order valence-electron chi connectivity index (χ0n) is 12.5. The molecule has 0 aliphatic carbocycles. The molecule has 0 saturated heterocycles. The minimum atomic E-state index is -0.446. The van der Waals surface area contributed by atoms with Gasteiger partial charge in [-0.05, 0) is 39.7 Å². The van der Waals surface area contributed by atoms with E-state index in [0.717, 1.165) is 30.8 Å². The van der Waals surface area contributed by atoms with Crippen LogP contribution in [0.25, 0.3) is 0 Å². The molecule has 5 heteroatoms. The van der Waals surface area contributed by atoms with E-state index >= 15 is 0 Å². The average Bonchev–Trinajstić information content (AvgIpc) is 2.71. The lowest BCUT2D eigenvalue weighted by Crippen LogP contribution is -2.43. The van der Waals surface area contributed by atoms with Crippen molar-refractivity contribution in [3.05, 3.63) is 17.5 Å². The molecule has 1 atom stereocenters. The Balaban J connectivity index is 2.35. The molecule has 108 valence electrons. The lowest BCUT2D eigenvalue weighted by Gasteiger charge is -2.24. The molecule has 0 saturated carbocycles. The second-order valence-electron chi connectivity index (χ2n) is 5.38. The first kappa shape index (κ1) is 15.7. The van der Waals surface area contributed by atoms with Crippen LogP contribution in [0, 0.1) is 19.3 Å². The Morgan fingerprint density at radius 1 is 1.53 bits per heavy atom. The van der Waals surface area contributed by atoms with Gasteiger partial charge in [-0.3, -0.25) is 9.48 Å². The van der Waals surface area contributed by atoms with Crippen molar-refractivity contribution in [2.45, 2.75) is 47.1 Å². The van der Waals surface area contributed by atoms with Crippen molar-refractivity contribution in [2.75, 3.05) is 13.1 Å². The predicted molar refractivity (Wildman–Crippen MR) is 76.8 cm³/mol. The lowest BCUT2D eigenvalue weighted by molar-refractivity contribution is -0.129. The summed E-state index contributed by atoms with van der Waals surface area (Å²) in [5.41, 5.74) is 7.40. The van der Waals surface area contributed by atoms with Gasteiger partial charge in [0, 0.05) is 25.3 Å². The topological polar surface area (TPSA) is 72.9 Å². The Labute approximate surface area is 115 Å². The van der Waals surface area contributed by atoms with Gasteiger partial charge in [-0.15, -0.1) is 0 Å². The van der Waals surface area contributed by atoms with Crippen LogP contribution in [-0.2, 0) is 11.3 Å². The molecule has 0 radical (unpaired) electrons. The van der Waals surface area contributed by atoms with Gasteiger partial charge < -0.3 is 11.1 Å². The summed E-state index contributed by atoms with van der Waals surface area (Å²) < 4.78 is 1.98. The van der Waals surface area contributed by atoms with Crippen LogP contribution in [0.5, 0.6) is 0 Å². The first-order valence-corrected chi connectivity index (χ1v) is 6.92. The van der Waals surface area contributed by atoms with E-state index in [0.29, 0.717) is 13.1 Å². The van der Waals surface area contributed by atoms with Crippen molar-refractivity contribution >= 4 is 5.91 Å². The van der Waals surface area contributed by atoms with Crippen LogP contribution < -0.4 is 11.1 Å². The maximum absolute atomic E-state index is 12.0. The molecule has 0 aliphatic heterocycles. The minimum absolute atomic E-state index is 0.0471. The van der Waals surface area contributed by atoms with Crippen LogP contribution in [0.2, 0.25) is 0 Å². The smallest absolute Gasteiger partial charge is 0.227 e. The second-order valence-corrected chi connectivity index (χ2v) is 5.38. The Kier molecular flexibility index (Phi) is 5.54. The summed E-state index contributed by atoms with van der Waals surface area (Å²) in [5, 5.41) is 7.35. The highest BCUT2D eigenvalue weighted by molar-refractivity contribution is 5.82. The van der Waals surface area contributed by atoms with Crippen molar-refractivity contribution < 1.29 is 4.79 Å². The molecule has 3 N–H and O–H groups in total. The molecule has 1 aromatic rings. The van der Waals surface area contributed by atoms with Gasteiger partial charge >= 0.3 is 0 Å². The number of hydrogen-bond donors (Lipinski definition) is 2. The maximum Gasteiger partial charge on any atom is 0.227 e. The number of hydrogen-bond acceptors (Lipinski definition) is 3. The molecule has 0 bridgehead atoms. The summed E-state index contributed by atoms with van der Waals surface area (Å²) in [7, 11) is 0. The van der Waals surface area contributed by atoms with E-state index in [2.05, 4.69) is 16.5 Å². The fourth-order valence-electron chi connectivity index (χ4n) is 1.94. The molecule has 1 heterocycles. The quantitative estimate of drug-likeness (QED) is 0.732. The molecule has 0 spiro atoms. The first-order chi connectivity index (χ1) is 8.92. The minimum Gasteiger partial charge on any atom is -0.356 e. The Bertz CT molecular complexity index is 421. The molecular formula is C14H26N4O. The molecule has 1 aromatic heterocycles. The van der Waals surface area contributed by atoms with E-state index in [1.54, 1.807) is 0 Å². The summed E-state index contributed by atoms with van der Waals surface area (Å²) in [6.07, 6.45) is 1.63. The van der Waals surface area contributed by atoms with Crippen molar-refractivity contribution in [1.82, 2.24) is 15.1 Å². The molecule has 0 aliphatic rings. The largest absolute Gasteiger partial charge is 0.356 e. The molecule has 1 unspecified atom stereocenters. The number of amides is 1.